The van der Waals surface area contributed by atoms with Crippen LogP contribution in [0.1, 0.15) is 0 Å². The summed E-state index contributed by atoms with van der Waals surface area (Å²) in [5.74, 6) is 0.633. The summed E-state index contributed by atoms with van der Waals surface area (Å²) >= 11 is 0. The Hall–Kier alpha value is -1.55. The SMILES string of the molecule is OBOc1ccc2cccnc2c1. The number of aromatic nitrogens is 1. The lowest BCUT2D eigenvalue weighted by Crippen LogP contribution is -1.99. The highest BCUT2D eigenvalue weighted by molar-refractivity contribution is 6.17. The Kier molecular flexibility index (Phi) is 2.14. The maximum absolute atomic E-state index is 8.55. The maximum atomic E-state index is 8.55. The minimum Gasteiger partial charge on any atom is -0.539 e. The van der Waals surface area contributed by atoms with Crippen molar-refractivity contribution in [3.63, 3.8) is 0 Å². The molecule has 0 aliphatic rings. The molecule has 0 radical (unpaired) electrons. The summed E-state index contributed by atoms with van der Waals surface area (Å²) in [6.07, 6.45) is 1.73. The second-order valence-corrected chi connectivity index (χ2v) is 2.63. The molecule has 0 saturated heterocycles. The number of benzene rings is 1. The first-order chi connectivity index (χ1) is 6.40. The van der Waals surface area contributed by atoms with E-state index >= 15 is 0 Å². The predicted octanol–water partition coefficient (Wildman–Crippen LogP) is 0.872. The summed E-state index contributed by atoms with van der Waals surface area (Å²) in [6, 6.07) is 9.37. The van der Waals surface area contributed by atoms with Crippen LogP contribution < -0.4 is 4.65 Å². The molecule has 0 aliphatic heterocycles. The molecule has 1 aromatic heterocycles. The van der Waals surface area contributed by atoms with E-state index in [1.807, 2.05) is 18.2 Å². The molecule has 1 heterocycles. The topological polar surface area (TPSA) is 42.4 Å². The van der Waals surface area contributed by atoms with Gasteiger partial charge in [-0.15, -0.1) is 0 Å². The van der Waals surface area contributed by atoms with E-state index in [2.05, 4.69) is 4.98 Å². The number of pyridine rings is 1. The van der Waals surface area contributed by atoms with Gasteiger partial charge >= 0.3 is 7.69 Å². The molecule has 2 rings (SSSR count). The van der Waals surface area contributed by atoms with Crippen molar-refractivity contribution in [3.8, 4) is 5.75 Å². The van der Waals surface area contributed by atoms with E-state index < -0.39 is 0 Å². The van der Waals surface area contributed by atoms with Gasteiger partial charge in [0.15, 0.2) is 0 Å². The number of hydrogen-bond donors (Lipinski definition) is 1. The van der Waals surface area contributed by atoms with Crippen LogP contribution in [0, 0.1) is 0 Å². The van der Waals surface area contributed by atoms with E-state index in [4.69, 9.17) is 9.68 Å². The molecule has 0 spiro atoms. The van der Waals surface area contributed by atoms with Crippen molar-refractivity contribution in [2.24, 2.45) is 0 Å². The van der Waals surface area contributed by atoms with E-state index in [0.29, 0.717) is 5.75 Å². The van der Waals surface area contributed by atoms with Crippen LogP contribution in [-0.4, -0.2) is 17.7 Å². The molecule has 13 heavy (non-hydrogen) atoms. The molecule has 0 aliphatic carbocycles. The Balaban J connectivity index is 2.49. The predicted molar refractivity (Wildman–Crippen MR) is 51.7 cm³/mol. The molecule has 4 heteroatoms. The smallest absolute Gasteiger partial charge is 0.504 e. The lowest BCUT2D eigenvalue weighted by atomic mass is 10.2. The zero-order valence-corrected chi connectivity index (χ0v) is 6.97. The summed E-state index contributed by atoms with van der Waals surface area (Å²) in [4.78, 5) is 4.16. The van der Waals surface area contributed by atoms with Gasteiger partial charge in [-0.1, -0.05) is 6.07 Å². The van der Waals surface area contributed by atoms with Gasteiger partial charge in [-0.3, -0.25) is 4.98 Å². The number of fused-ring (bicyclic) bond motifs is 1. The Bertz CT molecular complexity index is 419. The molecular weight excluding hydrogens is 165 g/mol. The van der Waals surface area contributed by atoms with Crippen molar-refractivity contribution < 1.29 is 9.68 Å². The summed E-state index contributed by atoms with van der Waals surface area (Å²) in [5.41, 5.74) is 0.869. The quantitative estimate of drug-likeness (QED) is 0.685. The van der Waals surface area contributed by atoms with Crippen LogP contribution in [0.4, 0.5) is 0 Å². The first kappa shape index (κ1) is 8.07. The second-order valence-electron chi connectivity index (χ2n) is 2.63. The van der Waals surface area contributed by atoms with Crippen LogP contribution in [0.15, 0.2) is 36.5 Å². The van der Waals surface area contributed by atoms with E-state index in [9.17, 15) is 0 Å². The Morgan fingerprint density at radius 1 is 1.31 bits per heavy atom. The normalized spacial score (nSPS) is 9.92. The average Bonchev–Trinajstić information content (AvgIpc) is 2.18. The molecule has 0 amide bonds. The summed E-state index contributed by atoms with van der Waals surface area (Å²) in [6.45, 7) is 0. The summed E-state index contributed by atoms with van der Waals surface area (Å²) < 4.78 is 4.93. The van der Waals surface area contributed by atoms with Gasteiger partial charge in [0.25, 0.3) is 0 Å². The first-order valence-electron chi connectivity index (χ1n) is 3.98. The maximum Gasteiger partial charge on any atom is 0.504 e. The molecule has 64 valence electrons. The van der Waals surface area contributed by atoms with E-state index in [1.165, 1.54) is 0 Å². The lowest BCUT2D eigenvalue weighted by molar-refractivity contribution is 0.454. The van der Waals surface area contributed by atoms with Crippen LogP contribution in [0.5, 0.6) is 5.75 Å². The zero-order valence-electron chi connectivity index (χ0n) is 6.97. The minimum atomic E-state index is -0.307. The molecule has 1 aromatic carbocycles. The molecule has 1 N–H and O–H groups in total. The van der Waals surface area contributed by atoms with Crippen molar-refractivity contribution in [2.45, 2.75) is 0 Å². The fourth-order valence-corrected chi connectivity index (χ4v) is 1.21. The zero-order chi connectivity index (χ0) is 9.10. The van der Waals surface area contributed by atoms with Gasteiger partial charge in [-0.25, -0.2) is 0 Å². The number of rotatable bonds is 2. The van der Waals surface area contributed by atoms with E-state index in [0.717, 1.165) is 10.9 Å². The van der Waals surface area contributed by atoms with Crippen LogP contribution in [-0.2, 0) is 0 Å². The van der Waals surface area contributed by atoms with E-state index in [1.54, 1.807) is 18.3 Å². The van der Waals surface area contributed by atoms with Gasteiger partial charge in [-0.2, -0.15) is 0 Å². The van der Waals surface area contributed by atoms with Gasteiger partial charge in [0.2, 0.25) is 0 Å². The number of hydrogen-bond acceptors (Lipinski definition) is 3. The fourth-order valence-electron chi connectivity index (χ4n) is 1.21. The van der Waals surface area contributed by atoms with Gasteiger partial charge in [-0.05, 0) is 18.2 Å². The fraction of sp³-hybridized carbons (Fsp3) is 0. The van der Waals surface area contributed by atoms with Crippen LogP contribution in [0.2, 0.25) is 0 Å². The Morgan fingerprint density at radius 3 is 3.08 bits per heavy atom. The van der Waals surface area contributed by atoms with Crippen molar-refractivity contribution >= 4 is 18.6 Å². The largest absolute Gasteiger partial charge is 0.539 e. The van der Waals surface area contributed by atoms with Crippen molar-refractivity contribution in [1.29, 1.82) is 0 Å². The second kappa shape index (κ2) is 3.45. The Morgan fingerprint density at radius 2 is 2.23 bits per heavy atom. The molecule has 0 bridgehead atoms. The summed E-state index contributed by atoms with van der Waals surface area (Å²) in [7, 11) is -0.307. The Labute approximate surface area is 76.3 Å². The van der Waals surface area contributed by atoms with Crippen molar-refractivity contribution in [2.75, 3.05) is 0 Å². The highest BCUT2D eigenvalue weighted by Crippen LogP contribution is 2.17. The number of nitrogens with zero attached hydrogens (tertiary/aromatic N) is 1. The third-order valence-electron chi connectivity index (χ3n) is 1.81. The van der Waals surface area contributed by atoms with Crippen LogP contribution in [0.3, 0.4) is 0 Å². The molecular formula is C9H8BNO2. The van der Waals surface area contributed by atoms with Crippen molar-refractivity contribution in [3.05, 3.63) is 36.5 Å². The highest BCUT2D eigenvalue weighted by atomic mass is 16.5. The van der Waals surface area contributed by atoms with E-state index in [-0.39, 0.29) is 7.69 Å². The van der Waals surface area contributed by atoms with Gasteiger partial charge in [0, 0.05) is 17.6 Å². The first-order valence-corrected chi connectivity index (χ1v) is 3.98. The molecule has 0 unspecified atom stereocenters. The van der Waals surface area contributed by atoms with Gasteiger partial charge in [0.1, 0.15) is 5.75 Å². The molecule has 2 aromatic rings. The molecule has 3 nitrogen and oxygen atoms in total. The summed E-state index contributed by atoms with van der Waals surface area (Å²) in [5, 5.41) is 9.61. The molecule has 0 saturated carbocycles. The van der Waals surface area contributed by atoms with Gasteiger partial charge in [0.05, 0.1) is 5.52 Å². The molecule has 0 fully saturated rings. The van der Waals surface area contributed by atoms with Crippen LogP contribution >= 0.6 is 0 Å². The average molecular weight is 173 g/mol. The lowest BCUT2D eigenvalue weighted by Gasteiger charge is -2.02. The highest BCUT2D eigenvalue weighted by Gasteiger charge is 1.96. The monoisotopic (exact) mass is 173 g/mol. The van der Waals surface area contributed by atoms with Gasteiger partial charge < -0.3 is 9.68 Å². The standard InChI is InChI=1S/C9H8BNO2/c12-10-13-8-4-3-7-2-1-5-11-9(7)6-8/h1-6,10,12H. The minimum absolute atomic E-state index is 0.307. The van der Waals surface area contributed by atoms with Crippen LogP contribution in [0.25, 0.3) is 10.9 Å². The third-order valence-corrected chi connectivity index (χ3v) is 1.81. The third kappa shape index (κ3) is 1.62. The van der Waals surface area contributed by atoms with Crippen molar-refractivity contribution in [1.82, 2.24) is 4.98 Å². The molecule has 0 atom stereocenters.